The first-order chi connectivity index (χ1) is 6.24. The lowest BCUT2D eigenvalue weighted by molar-refractivity contribution is 0.284. The van der Waals surface area contributed by atoms with Gasteiger partial charge in [0, 0.05) is 11.6 Å². The molecule has 0 amide bonds. The molecule has 0 heterocycles. The number of rotatable bonds is 4. The maximum atomic E-state index is 8.62. The molecule has 1 nitrogen and oxygen atoms in total. The van der Waals surface area contributed by atoms with Gasteiger partial charge in [-0.25, -0.2) is 0 Å². The van der Waals surface area contributed by atoms with E-state index in [9.17, 15) is 0 Å². The summed E-state index contributed by atoms with van der Waals surface area (Å²) in [6.07, 6.45) is 2.94. The molecule has 0 spiro atoms. The fourth-order valence-electron chi connectivity index (χ4n) is 1.30. The molecular weight excluding hydrogens is 184 g/mol. The summed E-state index contributed by atoms with van der Waals surface area (Å²) in [7, 11) is 0. The summed E-state index contributed by atoms with van der Waals surface area (Å²) >= 11 is 5.90. The Morgan fingerprint density at radius 2 is 2.08 bits per heavy atom. The van der Waals surface area contributed by atoms with Gasteiger partial charge in [-0.3, -0.25) is 0 Å². The Bertz CT molecular complexity index is 271. The Balaban J connectivity index is 2.53. The molecule has 0 aromatic heterocycles. The Morgan fingerprint density at radius 3 is 2.69 bits per heavy atom. The van der Waals surface area contributed by atoms with E-state index in [0.29, 0.717) is 0 Å². The quantitative estimate of drug-likeness (QED) is 0.738. The molecule has 0 aliphatic rings. The zero-order valence-corrected chi connectivity index (χ0v) is 8.64. The first-order valence-electron chi connectivity index (χ1n) is 4.60. The number of unbranched alkanes of at least 4 members (excludes halogenated alkanes) is 1. The number of halogens is 1. The van der Waals surface area contributed by atoms with Crippen molar-refractivity contribution in [2.45, 2.75) is 26.2 Å². The molecule has 1 N–H and O–H groups in total. The SMILES string of the molecule is Cc1cc(CCCCO)ccc1Cl. The topological polar surface area (TPSA) is 20.2 Å². The van der Waals surface area contributed by atoms with Crippen LogP contribution in [-0.4, -0.2) is 11.7 Å². The van der Waals surface area contributed by atoms with Crippen LogP contribution in [0.15, 0.2) is 18.2 Å². The highest BCUT2D eigenvalue weighted by atomic mass is 35.5. The second-order valence-electron chi connectivity index (χ2n) is 3.26. The lowest BCUT2D eigenvalue weighted by Crippen LogP contribution is -1.89. The third-order valence-corrected chi connectivity index (χ3v) is 2.52. The summed E-state index contributed by atoms with van der Waals surface area (Å²) in [5, 5.41) is 9.45. The molecule has 2 heteroatoms. The highest BCUT2D eigenvalue weighted by Crippen LogP contribution is 2.17. The van der Waals surface area contributed by atoms with E-state index in [-0.39, 0.29) is 6.61 Å². The smallest absolute Gasteiger partial charge is 0.0435 e. The van der Waals surface area contributed by atoms with Crippen LogP contribution in [0.2, 0.25) is 5.02 Å². The number of hydrogen-bond donors (Lipinski definition) is 1. The van der Waals surface area contributed by atoms with Gasteiger partial charge < -0.3 is 5.11 Å². The van der Waals surface area contributed by atoms with E-state index < -0.39 is 0 Å². The van der Waals surface area contributed by atoms with Gasteiger partial charge in [0.2, 0.25) is 0 Å². The minimum atomic E-state index is 0.284. The predicted octanol–water partition coefficient (Wildman–Crippen LogP) is 2.96. The van der Waals surface area contributed by atoms with Crippen molar-refractivity contribution < 1.29 is 5.11 Å². The zero-order valence-electron chi connectivity index (χ0n) is 7.89. The van der Waals surface area contributed by atoms with Crippen molar-refractivity contribution >= 4 is 11.6 Å². The van der Waals surface area contributed by atoms with Crippen molar-refractivity contribution in [3.8, 4) is 0 Å². The summed E-state index contributed by atoms with van der Waals surface area (Å²) in [6, 6.07) is 6.09. The Hall–Kier alpha value is -0.530. The fourth-order valence-corrected chi connectivity index (χ4v) is 1.42. The molecule has 1 aromatic carbocycles. The van der Waals surface area contributed by atoms with Gasteiger partial charge in [0.1, 0.15) is 0 Å². The standard InChI is InChI=1S/C11H15ClO/c1-9-8-10(4-2-3-7-13)5-6-11(9)12/h5-6,8,13H,2-4,7H2,1H3. The minimum absolute atomic E-state index is 0.284. The lowest BCUT2D eigenvalue weighted by Gasteiger charge is -2.03. The van der Waals surface area contributed by atoms with Crippen LogP contribution in [0.4, 0.5) is 0 Å². The van der Waals surface area contributed by atoms with Crippen LogP contribution in [-0.2, 0) is 6.42 Å². The molecule has 0 radical (unpaired) electrons. The van der Waals surface area contributed by atoms with Crippen LogP contribution in [0.25, 0.3) is 0 Å². The fraction of sp³-hybridized carbons (Fsp3) is 0.455. The molecule has 0 aliphatic heterocycles. The van der Waals surface area contributed by atoms with Crippen molar-refractivity contribution in [3.63, 3.8) is 0 Å². The summed E-state index contributed by atoms with van der Waals surface area (Å²) in [6.45, 7) is 2.30. The largest absolute Gasteiger partial charge is 0.396 e. The predicted molar refractivity (Wildman–Crippen MR) is 56.2 cm³/mol. The molecule has 0 bridgehead atoms. The number of aryl methyl sites for hydroxylation is 2. The number of benzene rings is 1. The van der Waals surface area contributed by atoms with E-state index >= 15 is 0 Å². The Kier molecular flexibility index (Phi) is 4.26. The number of aliphatic hydroxyl groups excluding tert-OH is 1. The highest BCUT2D eigenvalue weighted by Gasteiger charge is 1.97. The summed E-state index contributed by atoms with van der Waals surface area (Å²) < 4.78 is 0. The van der Waals surface area contributed by atoms with Crippen LogP contribution in [0.5, 0.6) is 0 Å². The normalized spacial score (nSPS) is 10.4. The van der Waals surface area contributed by atoms with E-state index in [1.165, 1.54) is 5.56 Å². The monoisotopic (exact) mass is 198 g/mol. The summed E-state index contributed by atoms with van der Waals surface area (Å²) in [4.78, 5) is 0. The van der Waals surface area contributed by atoms with E-state index in [2.05, 4.69) is 6.07 Å². The third kappa shape index (κ3) is 3.37. The molecule has 72 valence electrons. The second kappa shape index (κ2) is 5.25. The van der Waals surface area contributed by atoms with E-state index in [1.54, 1.807) is 0 Å². The van der Waals surface area contributed by atoms with Gasteiger partial charge in [-0.15, -0.1) is 0 Å². The molecule has 0 saturated carbocycles. The minimum Gasteiger partial charge on any atom is -0.396 e. The average Bonchev–Trinajstić information content (AvgIpc) is 2.12. The molecule has 0 saturated heterocycles. The van der Waals surface area contributed by atoms with Gasteiger partial charge in [-0.1, -0.05) is 23.7 Å². The van der Waals surface area contributed by atoms with E-state index in [0.717, 1.165) is 29.8 Å². The van der Waals surface area contributed by atoms with Crippen LogP contribution in [0.3, 0.4) is 0 Å². The van der Waals surface area contributed by atoms with Gasteiger partial charge >= 0.3 is 0 Å². The highest BCUT2D eigenvalue weighted by molar-refractivity contribution is 6.31. The Labute approximate surface area is 84.4 Å². The van der Waals surface area contributed by atoms with Crippen molar-refractivity contribution in [1.29, 1.82) is 0 Å². The maximum Gasteiger partial charge on any atom is 0.0435 e. The van der Waals surface area contributed by atoms with Gasteiger partial charge in [-0.05, 0) is 43.4 Å². The zero-order chi connectivity index (χ0) is 9.68. The summed E-state index contributed by atoms with van der Waals surface area (Å²) in [5.74, 6) is 0. The van der Waals surface area contributed by atoms with Crippen LogP contribution >= 0.6 is 11.6 Å². The molecule has 0 atom stereocenters. The van der Waals surface area contributed by atoms with Crippen molar-refractivity contribution in [2.24, 2.45) is 0 Å². The number of hydrogen-bond acceptors (Lipinski definition) is 1. The molecule has 1 rings (SSSR count). The van der Waals surface area contributed by atoms with Gasteiger partial charge in [0.05, 0.1) is 0 Å². The van der Waals surface area contributed by atoms with Gasteiger partial charge in [0.25, 0.3) is 0 Å². The number of aliphatic hydroxyl groups is 1. The van der Waals surface area contributed by atoms with Crippen molar-refractivity contribution in [1.82, 2.24) is 0 Å². The van der Waals surface area contributed by atoms with Crippen LogP contribution in [0, 0.1) is 6.92 Å². The molecule has 13 heavy (non-hydrogen) atoms. The average molecular weight is 199 g/mol. The van der Waals surface area contributed by atoms with Gasteiger partial charge in [0.15, 0.2) is 0 Å². The van der Waals surface area contributed by atoms with Crippen molar-refractivity contribution in [2.75, 3.05) is 6.61 Å². The summed E-state index contributed by atoms with van der Waals surface area (Å²) in [5.41, 5.74) is 2.43. The van der Waals surface area contributed by atoms with Crippen molar-refractivity contribution in [3.05, 3.63) is 34.3 Å². The molecule has 0 fully saturated rings. The lowest BCUT2D eigenvalue weighted by atomic mass is 10.1. The first kappa shape index (κ1) is 10.6. The maximum absolute atomic E-state index is 8.62. The van der Waals surface area contributed by atoms with E-state index in [4.69, 9.17) is 16.7 Å². The molecule has 0 aliphatic carbocycles. The van der Waals surface area contributed by atoms with Crippen LogP contribution < -0.4 is 0 Å². The molecule has 1 aromatic rings. The molecule has 0 unspecified atom stereocenters. The second-order valence-corrected chi connectivity index (χ2v) is 3.67. The first-order valence-corrected chi connectivity index (χ1v) is 4.97. The molecular formula is C11H15ClO. The van der Waals surface area contributed by atoms with Crippen LogP contribution in [0.1, 0.15) is 24.0 Å². The Morgan fingerprint density at radius 1 is 1.31 bits per heavy atom. The third-order valence-electron chi connectivity index (χ3n) is 2.10. The van der Waals surface area contributed by atoms with Gasteiger partial charge in [-0.2, -0.15) is 0 Å². The van der Waals surface area contributed by atoms with E-state index in [1.807, 2.05) is 19.1 Å².